The molecule has 2 heterocycles. The molecule has 0 aliphatic carbocycles. The molecule has 1 aliphatic rings. The molecule has 4 nitrogen and oxygen atoms in total. The lowest BCUT2D eigenvalue weighted by molar-refractivity contribution is 0.106. The van der Waals surface area contributed by atoms with Crippen LogP contribution in [0.2, 0.25) is 0 Å². The quantitative estimate of drug-likeness (QED) is 0.163. The Bertz CT molecular complexity index is 2670. The molecule has 1 aliphatic heterocycles. The van der Waals surface area contributed by atoms with Gasteiger partial charge in [-0.1, -0.05) is 152 Å². The Morgan fingerprint density at radius 3 is 1.10 bits per heavy atom. The van der Waals surface area contributed by atoms with Crippen molar-refractivity contribution in [3.63, 3.8) is 0 Å². The number of hydrogen-bond acceptors (Lipinski definition) is 4. The van der Waals surface area contributed by atoms with E-state index < -0.39 is 5.60 Å². The molecular formula is C54H39N3O. The lowest BCUT2D eigenvalue weighted by Gasteiger charge is -2.35. The number of ether oxygens (including phenoxy) is 1. The summed E-state index contributed by atoms with van der Waals surface area (Å²) in [4.78, 5) is 16.0. The van der Waals surface area contributed by atoms with Crippen LogP contribution in [0.5, 0.6) is 5.75 Å². The normalized spacial score (nSPS) is 12.6. The standard InChI is InChI=1S/C54H39N3O/c1-54(2)49-35-40(27-28-47(49)48-25-15-16-26-50(48)58-54)51-55-52(45-31-41(36-17-7-3-8-18-36)29-42(32-45)37-19-9-4-10-20-37)57-53(56-51)46-33-43(38-21-11-5-12-22-38)30-44(34-46)39-23-13-6-14-24-39/h3-35H,1-2H3. The second-order valence-corrected chi connectivity index (χ2v) is 15.2. The second kappa shape index (κ2) is 14.6. The fraction of sp³-hybridized carbons (Fsp3) is 0.0556. The molecule has 10 rings (SSSR count). The number of nitrogens with zero attached hydrogens (tertiary/aromatic N) is 3. The van der Waals surface area contributed by atoms with Crippen LogP contribution < -0.4 is 4.74 Å². The van der Waals surface area contributed by atoms with Crippen LogP contribution in [0.1, 0.15) is 19.4 Å². The Morgan fingerprint density at radius 1 is 0.310 bits per heavy atom. The maximum absolute atomic E-state index is 6.59. The van der Waals surface area contributed by atoms with Crippen LogP contribution in [0.25, 0.3) is 89.8 Å². The summed E-state index contributed by atoms with van der Waals surface area (Å²) in [7, 11) is 0. The predicted molar refractivity (Wildman–Crippen MR) is 237 cm³/mol. The summed E-state index contributed by atoms with van der Waals surface area (Å²) in [5, 5.41) is 0. The third-order valence-electron chi connectivity index (χ3n) is 10.9. The first-order chi connectivity index (χ1) is 28.4. The summed E-state index contributed by atoms with van der Waals surface area (Å²) in [5.41, 5.74) is 14.3. The third kappa shape index (κ3) is 6.75. The maximum Gasteiger partial charge on any atom is 0.164 e. The van der Waals surface area contributed by atoms with Crippen molar-refractivity contribution in [2.24, 2.45) is 0 Å². The van der Waals surface area contributed by atoms with Gasteiger partial charge in [-0.15, -0.1) is 0 Å². The molecule has 1 aromatic heterocycles. The monoisotopic (exact) mass is 745 g/mol. The first-order valence-corrected chi connectivity index (χ1v) is 19.7. The number of aromatic nitrogens is 3. The minimum absolute atomic E-state index is 0.568. The van der Waals surface area contributed by atoms with Crippen molar-refractivity contribution in [3.05, 3.63) is 206 Å². The highest BCUT2D eigenvalue weighted by molar-refractivity contribution is 5.84. The maximum atomic E-state index is 6.59. The number of hydrogen-bond donors (Lipinski definition) is 0. The Morgan fingerprint density at radius 2 is 0.672 bits per heavy atom. The van der Waals surface area contributed by atoms with Crippen LogP contribution in [0.3, 0.4) is 0 Å². The molecule has 0 bridgehead atoms. The molecule has 0 unspecified atom stereocenters. The van der Waals surface area contributed by atoms with Gasteiger partial charge in [0.15, 0.2) is 17.5 Å². The average molecular weight is 746 g/mol. The zero-order valence-corrected chi connectivity index (χ0v) is 32.3. The number of fused-ring (bicyclic) bond motifs is 3. The Hall–Kier alpha value is -7.43. The molecular weight excluding hydrogens is 707 g/mol. The highest BCUT2D eigenvalue weighted by atomic mass is 16.5. The summed E-state index contributed by atoms with van der Waals surface area (Å²) in [6.07, 6.45) is 0. The van der Waals surface area contributed by atoms with Crippen LogP contribution in [-0.2, 0) is 5.60 Å². The molecule has 0 saturated heterocycles. The van der Waals surface area contributed by atoms with Crippen molar-refractivity contribution >= 4 is 0 Å². The molecule has 0 spiro atoms. The highest BCUT2D eigenvalue weighted by Gasteiger charge is 2.33. The molecule has 0 atom stereocenters. The van der Waals surface area contributed by atoms with E-state index in [9.17, 15) is 0 Å². The topological polar surface area (TPSA) is 47.9 Å². The summed E-state index contributed by atoms with van der Waals surface area (Å²) in [6, 6.07) is 70.0. The van der Waals surface area contributed by atoms with Crippen molar-refractivity contribution in [2.75, 3.05) is 0 Å². The largest absolute Gasteiger partial charge is 0.482 e. The SMILES string of the molecule is CC1(C)Oc2ccccc2-c2ccc(-c3nc(-c4cc(-c5ccccc5)cc(-c5ccccc5)c4)nc(-c4cc(-c5ccccc5)cc(-c5ccccc5)c4)n3)cc21. The summed E-state index contributed by atoms with van der Waals surface area (Å²) < 4.78 is 6.59. The smallest absolute Gasteiger partial charge is 0.164 e. The predicted octanol–water partition coefficient (Wildman–Crippen LogP) is 13.8. The highest BCUT2D eigenvalue weighted by Crippen LogP contribution is 2.46. The minimum atomic E-state index is -0.568. The molecule has 0 fully saturated rings. The minimum Gasteiger partial charge on any atom is -0.482 e. The average Bonchev–Trinajstić information content (AvgIpc) is 3.29. The van der Waals surface area contributed by atoms with Gasteiger partial charge in [-0.25, -0.2) is 15.0 Å². The van der Waals surface area contributed by atoms with Gasteiger partial charge in [0, 0.05) is 27.8 Å². The van der Waals surface area contributed by atoms with E-state index in [-0.39, 0.29) is 0 Å². The zero-order valence-electron chi connectivity index (χ0n) is 32.3. The first kappa shape index (κ1) is 35.0. The zero-order chi connectivity index (χ0) is 39.1. The fourth-order valence-electron chi connectivity index (χ4n) is 7.99. The van der Waals surface area contributed by atoms with Crippen LogP contribution >= 0.6 is 0 Å². The van der Waals surface area contributed by atoms with Crippen LogP contribution in [-0.4, -0.2) is 15.0 Å². The van der Waals surface area contributed by atoms with Crippen LogP contribution in [0.15, 0.2) is 200 Å². The van der Waals surface area contributed by atoms with E-state index in [1.54, 1.807) is 0 Å². The van der Waals surface area contributed by atoms with Crippen molar-refractivity contribution in [3.8, 4) is 95.5 Å². The molecule has 8 aromatic carbocycles. The fourth-order valence-corrected chi connectivity index (χ4v) is 7.99. The lowest BCUT2D eigenvalue weighted by atomic mass is 9.85. The number of rotatable bonds is 7. The van der Waals surface area contributed by atoms with E-state index in [0.29, 0.717) is 17.5 Å². The van der Waals surface area contributed by atoms with Crippen LogP contribution in [0.4, 0.5) is 0 Å². The van der Waals surface area contributed by atoms with E-state index in [1.165, 1.54) is 0 Å². The first-order valence-electron chi connectivity index (χ1n) is 19.7. The summed E-state index contributed by atoms with van der Waals surface area (Å²) >= 11 is 0. The molecule has 0 saturated carbocycles. The second-order valence-electron chi connectivity index (χ2n) is 15.2. The van der Waals surface area contributed by atoms with Gasteiger partial charge >= 0.3 is 0 Å². The van der Waals surface area contributed by atoms with Gasteiger partial charge in [0.1, 0.15) is 11.4 Å². The molecule has 9 aromatic rings. The van der Waals surface area contributed by atoms with Gasteiger partial charge in [0.2, 0.25) is 0 Å². The van der Waals surface area contributed by atoms with Crippen molar-refractivity contribution in [1.82, 2.24) is 15.0 Å². The van der Waals surface area contributed by atoms with Gasteiger partial charge < -0.3 is 4.74 Å². The van der Waals surface area contributed by atoms with Crippen molar-refractivity contribution in [1.29, 1.82) is 0 Å². The molecule has 0 radical (unpaired) electrons. The van der Waals surface area contributed by atoms with Gasteiger partial charge in [-0.3, -0.25) is 0 Å². The Labute approximate surface area is 339 Å². The van der Waals surface area contributed by atoms with E-state index in [0.717, 1.165) is 83.6 Å². The molecule has 58 heavy (non-hydrogen) atoms. The van der Waals surface area contributed by atoms with Crippen molar-refractivity contribution < 1.29 is 4.74 Å². The van der Waals surface area contributed by atoms with E-state index >= 15 is 0 Å². The number of benzene rings is 8. The van der Waals surface area contributed by atoms with Gasteiger partial charge in [-0.2, -0.15) is 0 Å². The molecule has 0 amide bonds. The van der Waals surface area contributed by atoms with E-state index in [4.69, 9.17) is 19.7 Å². The molecule has 0 N–H and O–H groups in total. The summed E-state index contributed by atoms with van der Waals surface area (Å²) in [5.74, 6) is 2.67. The number of para-hydroxylation sites is 1. The molecule has 276 valence electrons. The summed E-state index contributed by atoms with van der Waals surface area (Å²) in [6.45, 7) is 4.24. The van der Waals surface area contributed by atoms with E-state index in [1.807, 2.05) is 36.4 Å². The Kier molecular flexibility index (Phi) is 8.80. The van der Waals surface area contributed by atoms with Gasteiger partial charge in [-0.05, 0) is 112 Å². The van der Waals surface area contributed by atoms with Crippen molar-refractivity contribution in [2.45, 2.75) is 19.4 Å². The third-order valence-corrected chi connectivity index (χ3v) is 10.9. The lowest BCUT2D eigenvalue weighted by Crippen LogP contribution is -2.29. The van der Waals surface area contributed by atoms with Crippen LogP contribution in [0, 0.1) is 0 Å². The molecule has 4 heteroatoms. The van der Waals surface area contributed by atoms with E-state index in [2.05, 4.69) is 178 Å². The van der Waals surface area contributed by atoms with Gasteiger partial charge in [0.05, 0.1) is 0 Å². The van der Waals surface area contributed by atoms with Gasteiger partial charge in [0.25, 0.3) is 0 Å². The Balaban J connectivity index is 1.22.